The summed E-state index contributed by atoms with van der Waals surface area (Å²) in [5.74, 6) is -0.426. The maximum Gasteiger partial charge on any atom is 0.286 e. The molecule has 2 heterocycles. The number of rotatable bonds is 5. The maximum absolute atomic E-state index is 13.1. The molecule has 0 aliphatic carbocycles. The highest BCUT2D eigenvalue weighted by Gasteiger charge is 2.34. The van der Waals surface area contributed by atoms with Gasteiger partial charge in [0.25, 0.3) is 11.8 Å². The molecule has 1 saturated heterocycles. The molecule has 1 N–H and O–H groups in total. The zero-order chi connectivity index (χ0) is 21.1. The van der Waals surface area contributed by atoms with Crippen LogP contribution in [0.4, 0.5) is 10.1 Å². The Balaban J connectivity index is 1.51. The van der Waals surface area contributed by atoms with Crippen LogP contribution in [-0.4, -0.2) is 40.6 Å². The molecule has 3 aromatic rings. The molecule has 7 nitrogen and oxygen atoms in total. The van der Waals surface area contributed by atoms with Crippen molar-refractivity contribution in [2.75, 3.05) is 19.0 Å². The van der Waals surface area contributed by atoms with Gasteiger partial charge < -0.3 is 15.0 Å². The van der Waals surface area contributed by atoms with Crippen molar-refractivity contribution in [3.63, 3.8) is 0 Å². The zero-order valence-corrected chi connectivity index (χ0v) is 17.0. The van der Waals surface area contributed by atoms with Crippen molar-refractivity contribution in [1.29, 1.82) is 0 Å². The fourth-order valence-electron chi connectivity index (χ4n) is 3.42. The first kappa shape index (κ1) is 20.0. The Bertz CT molecular complexity index is 1070. The number of likely N-dealkylation sites (tertiary alicyclic amines) is 1. The highest BCUT2D eigenvalue weighted by molar-refractivity contribution is 7.13. The first-order valence-electron chi connectivity index (χ1n) is 9.41. The van der Waals surface area contributed by atoms with Crippen LogP contribution in [0.2, 0.25) is 0 Å². The SMILES string of the molecule is COc1ccccc1C(=O)N1CCCC1c1nnc(C(=O)Nc2ccc(F)cc2)s1. The number of hydrogen-bond donors (Lipinski definition) is 1. The zero-order valence-electron chi connectivity index (χ0n) is 16.2. The molecule has 0 bridgehead atoms. The van der Waals surface area contributed by atoms with Crippen molar-refractivity contribution in [3.8, 4) is 5.75 Å². The molecule has 1 unspecified atom stereocenters. The maximum atomic E-state index is 13.1. The predicted molar refractivity (Wildman–Crippen MR) is 110 cm³/mol. The third-order valence-electron chi connectivity index (χ3n) is 4.87. The van der Waals surface area contributed by atoms with E-state index in [1.54, 1.807) is 23.1 Å². The number of halogens is 1. The lowest BCUT2D eigenvalue weighted by Gasteiger charge is -2.23. The smallest absolute Gasteiger partial charge is 0.286 e. The van der Waals surface area contributed by atoms with Crippen LogP contribution >= 0.6 is 11.3 Å². The summed E-state index contributed by atoms with van der Waals surface area (Å²) in [6.07, 6.45) is 1.58. The fourth-order valence-corrected chi connectivity index (χ4v) is 4.31. The molecule has 0 saturated carbocycles. The number of carbonyl (C=O) groups is 2. The molecular weight excluding hydrogens is 407 g/mol. The van der Waals surface area contributed by atoms with Gasteiger partial charge in [0, 0.05) is 12.2 Å². The largest absolute Gasteiger partial charge is 0.496 e. The summed E-state index contributed by atoms with van der Waals surface area (Å²) in [7, 11) is 1.53. The summed E-state index contributed by atoms with van der Waals surface area (Å²) in [5.41, 5.74) is 0.956. The van der Waals surface area contributed by atoms with E-state index in [1.165, 1.54) is 31.4 Å². The quantitative estimate of drug-likeness (QED) is 0.669. The van der Waals surface area contributed by atoms with Gasteiger partial charge in [0.05, 0.1) is 18.7 Å². The summed E-state index contributed by atoms with van der Waals surface area (Å²) in [6.45, 7) is 0.595. The monoisotopic (exact) mass is 426 g/mol. The number of carbonyl (C=O) groups excluding carboxylic acids is 2. The molecule has 2 aromatic carbocycles. The Labute approximate surface area is 176 Å². The van der Waals surface area contributed by atoms with Crippen molar-refractivity contribution in [1.82, 2.24) is 15.1 Å². The molecule has 1 fully saturated rings. The van der Waals surface area contributed by atoms with E-state index in [9.17, 15) is 14.0 Å². The van der Waals surface area contributed by atoms with Crippen molar-refractivity contribution < 1.29 is 18.7 Å². The van der Waals surface area contributed by atoms with Crippen molar-refractivity contribution in [3.05, 3.63) is 69.9 Å². The third-order valence-corrected chi connectivity index (χ3v) is 5.90. The lowest BCUT2D eigenvalue weighted by atomic mass is 10.1. The van der Waals surface area contributed by atoms with Crippen molar-refractivity contribution in [2.24, 2.45) is 0 Å². The van der Waals surface area contributed by atoms with Gasteiger partial charge in [-0.2, -0.15) is 0 Å². The van der Waals surface area contributed by atoms with Gasteiger partial charge in [0.15, 0.2) is 0 Å². The molecule has 1 aliphatic rings. The van der Waals surface area contributed by atoms with Crippen LogP contribution in [0.3, 0.4) is 0 Å². The molecule has 0 spiro atoms. The number of amides is 2. The molecule has 154 valence electrons. The highest BCUT2D eigenvalue weighted by Crippen LogP contribution is 2.36. The summed E-state index contributed by atoms with van der Waals surface area (Å²) in [5, 5.41) is 11.6. The van der Waals surface area contributed by atoms with E-state index in [-0.39, 0.29) is 22.8 Å². The average Bonchev–Trinajstić information content (AvgIpc) is 3.44. The molecule has 0 radical (unpaired) electrons. The number of anilines is 1. The number of benzene rings is 2. The number of hydrogen-bond acceptors (Lipinski definition) is 6. The molecule has 9 heteroatoms. The summed E-state index contributed by atoms with van der Waals surface area (Å²) < 4.78 is 18.3. The van der Waals surface area contributed by atoms with Crippen LogP contribution < -0.4 is 10.1 Å². The van der Waals surface area contributed by atoms with Crippen molar-refractivity contribution >= 4 is 28.8 Å². The Morgan fingerprint density at radius 2 is 1.93 bits per heavy atom. The van der Waals surface area contributed by atoms with Gasteiger partial charge in [-0.15, -0.1) is 10.2 Å². The molecule has 1 atom stereocenters. The Kier molecular flexibility index (Phi) is 5.71. The first-order valence-corrected chi connectivity index (χ1v) is 10.2. The van der Waals surface area contributed by atoms with Gasteiger partial charge in [-0.25, -0.2) is 4.39 Å². The van der Waals surface area contributed by atoms with Gasteiger partial charge in [-0.05, 0) is 49.2 Å². The third kappa shape index (κ3) is 4.02. The van der Waals surface area contributed by atoms with E-state index in [1.807, 2.05) is 6.07 Å². The minimum atomic E-state index is -0.425. The molecule has 2 amide bonds. The number of aromatic nitrogens is 2. The number of methoxy groups -OCH3 is 1. The predicted octanol–water partition coefficient (Wildman–Crippen LogP) is 3.92. The summed E-state index contributed by atoms with van der Waals surface area (Å²) >= 11 is 1.15. The van der Waals surface area contributed by atoms with Crippen LogP contribution in [0, 0.1) is 5.82 Å². The van der Waals surface area contributed by atoms with Crippen molar-refractivity contribution in [2.45, 2.75) is 18.9 Å². The lowest BCUT2D eigenvalue weighted by Crippen LogP contribution is -2.30. The summed E-state index contributed by atoms with van der Waals surface area (Å²) in [6, 6.07) is 12.3. The second-order valence-electron chi connectivity index (χ2n) is 6.76. The van der Waals surface area contributed by atoms with Gasteiger partial charge in [-0.1, -0.05) is 23.5 Å². The molecular formula is C21H19FN4O3S. The number of ether oxygens (including phenoxy) is 1. The molecule has 1 aliphatic heterocycles. The normalized spacial score (nSPS) is 15.8. The van der Waals surface area contributed by atoms with E-state index < -0.39 is 5.91 Å². The van der Waals surface area contributed by atoms with E-state index in [0.29, 0.717) is 28.6 Å². The van der Waals surface area contributed by atoms with Crippen LogP contribution in [0.25, 0.3) is 0 Å². The van der Waals surface area contributed by atoms with Gasteiger partial charge in [0.2, 0.25) is 5.01 Å². The van der Waals surface area contributed by atoms with E-state index >= 15 is 0 Å². The fraction of sp³-hybridized carbons (Fsp3) is 0.238. The van der Waals surface area contributed by atoms with Gasteiger partial charge in [0.1, 0.15) is 16.6 Å². The minimum absolute atomic E-state index is 0.137. The molecule has 4 rings (SSSR count). The average molecular weight is 426 g/mol. The first-order chi connectivity index (χ1) is 14.6. The van der Waals surface area contributed by atoms with E-state index in [4.69, 9.17) is 4.74 Å². The van der Waals surface area contributed by atoms with E-state index in [0.717, 1.165) is 24.2 Å². The Morgan fingerprint density at radius 1 is 1.17 bits per heavy atom. The topological polar surface area (TPSA) is 84.4 Å². The lowest BCUT2D eigenvalue weighted by molar-refractivity contribution is 0.0731. The van der Waals surface area contributed by atoms with Gasteiger partial charge >= 0.3 is 0 Å². The number of para-hydroxylation sites is 1. The van der Waals surface area contributed by atoms with E-state index in [2.05, 4.69) is 15.5 Å². The van der Waals surface area contributed by atoms with Gasteiger partial charge in [-0.3, -0.25) is 9.59 Å². The summed E-state index contributed by atoms with van der Waals surface area (Å²) in [4.78, 5) is 27.3. The molecule has 30 heavy (non-hydrogen) atoms. The second kappa shape index (κ2) is 8.58. The second-order valence-corrected chi connectivity index (χ2v) is 7.77. The Hall–Kier alpha value is -3.33. The number of nitrogens with zero attached hydrogens (tertiary/aromatic N) is 3. The van der Waals surface area contributed by atoms with Crippen LogP contribution in [-0.2, 0) is 0 Å². The van der Waals surface area contributed by atoms with Crippen LogP contribution in [0.5, 0.6) is 5.75 Å². The number of nitrogens with one attached hydrogen (secondary N) is 1. The standard InChI is InChI=1S/C21H19FN4O3S/c1-29-17-7-3-2-5-15(17)21(28)26-12-4-6-16(26)19-24-25-20(30-19)18(27)23-14-10-8-13(22)9-11-14/h2-3,5,7-11,16H,4,6,12H2,1H3,(H,23,27). The highest BCUT2D eigenvalue weighted by atomic mass is 32.1. The van der Waals surface area contributed by atoms with Crippen LogP contribution in [0.15, 0.2) is 48.5 Å². The van der Waals surface area contributed by atoms with Crippen LogP contribution in [0.1, 0.15) is 44.1 Å². The minimum Gasteiger partial charge on any atom is -0.496 e. The Morgan fingerprint density at radius 3 is 2.70 bits per heavy atom. The molecule has 1 aromatic heterocycles.